The molecule has 0 bridgehead atoms. The third-order valence-corrected chi connectivity index (χ3v) is 2.17. The number of nitrogens with one attached hydrogen (secondary N) is 1. The number of nitrogens with zero attached hydrogens (tertiary/aromatic N) is 2. The number of hydrogen-bond donors (Lipinski definition) is 2. The summed E-state index contributed by atoms with van der Waals surface area (Å²) in [7, 11) is 1.83. The molecule has 0 fully saturated rings. The molecule has 1 rings (SSSR count). The van der Waals surface area contributed by atoms with E-state index in [1.54, 1.807) is 11.6 Å². The van der Waals surface area contributed by atoms with Crippen molar-refractivity contribution in [1.82, 2.24) is 9.78 Å². The average molecular weight is 196 g/mol. The lowest BCUT2D eigenvalue weighted by Gasteiger charge is -2.06. The summed E-state index contributed by atoms with van der Waals surface area (Å²) in [5.41, 5.74) is 6.38. The van der Waals surface area contributed by atoms with Gasteiger partial charge in [-0.25, -0.2) is 0 Å². The quantitative estimate of drug-likeness (QED) is 0.728. The van der Waals surface area contributed by atoms with E-state index < -0.39 is 0 Å². The van der Waals surface area contributed by atoms with Crippen LogP contribution in [0, 0.1) is 12.8 Å². The van der Waals surface area contributed by atoms with Crippen LogP contribution in [-0.4, -0.2) is 22.2 Å². The molecule has 5 heteroatoms. The minimum Gasteiger partial charge on any atom is -0.330 e. The fourth-order valence-electron chi connectivity index (χ4n) is 0.978. The maximum atomic E-state index is 11.4. The van der Waals surface area contributed by atoms with Crippen LogP contribution < -0.4 is 11.1 Å². The van der Waals surface area contributed by atoms with Gasteiger partial charge in [0.15, 0.2) is 5.82 Å². The summed E-state index contributed by atoms with van der Waals surface area (Å²) in [5, 5.41) is 6.81. The van der Waals surface area contributed by atoms with Gasteiger partial charge in [-0.1, -0.05) is 6.92 Å². The topological polar surface area (TPSA) is 72.9 Å². The van der Waals surface area contributed by atoms with E-state index in [0.29, 0.717) is 12.4 Å². The van der Waals surface area contributed by atoms with Crippen LogP contribution in [0.25, 0.3) is 0 Å². The van der Waals surface area contributed by atoms with Gasteiger partial charge in [-0.2, -0.15) is 5.10 Å². The number of carbonyl (C=O) groups is 1. The van der Waals surface area contributed by atoms with Crippen molar-refractivity contribution in [3.8, 4) is 0 Å². The zero-order valence-corrected chi connectivity index (χ0v) is 8.74. The third kappa shape index (κ3) is 2.32. The second-order valence-electron chi connectivity index (χ2n) is 3.42. The Labute approximate surface area is 83.3 Å². The largest absolute Gasteiger partial charge is 0.330 e. The second kappa shape index (κ2) is 4.23. The second-order valence-corrected chi connectivity index (χ2v) is 3.42. The molecule has 14 heavy (non-hydrogen) atoms. The summed E-state index contributed by atoms with van der Waals surface area (Å²) >= 11 is 0. The third-order valence-electron chi connectivity index (χ3n) is 2.17. The van der Waals surface area contributed by atoms with Gasteiger partial charge in [-0.3, -0.25) is 9.48 Å². The van der Waals surface area contributed by atoms with E-state index in [1.165, 1.54) is 0 Å². The highest BCUT2D eigenvalue weighted by molar-refractivity contribution is 5.91. The van der Waals surface area contributed by atoms with Gasteiger partial charge < -0.3 is 11.1 Å². The van der Waals surface area contributed by atoms with Crippen LogP contribution in [0.1, 0.15) is 12.6 Å². The highest BCUT2D eigenvalue weighted by Crippen LogP contribution is 2.08. The number of aromatic nitrogens is 2. The molecule has 0 aliphatic heterocycles. The van der Waals surface area contributed by atoms with E-state index in [0.717, 1.165) is 5.69 Å². The van der Waals surface area contributed by atoms with Crippen LogP contribution in [0.2, 0.25) is 0 Å². The summed E-state index contributed by atoms with van der Waals surface area (Å²) in [6.45, 7) is 4.05. The number of anilines is 1. The van der Waals surface area contributed by atoms with Gasteiger partial charge in [-0.15, -0.1) is 0 Å². The first-order chi connectivity index (χ1) is 6.54. The summed E-state index contributed by atoms with van der Waals surface area (Å²) in [4.78, 5) is 11.4. The Morgan fingerprint density at radius 1 is 1.79 bits per heavy atom. The highest BCUT2D eigenvalue weighted by Gasteiger charge is 2.12. The zero-order valence-electron chi connectivity index (χ0n) is 8.74. The van der Waals surface area contributed by atoms with Crippen LogP contribution in [0.5, 0.6) is 0 Å². The summed E-state index contributed by atoms with van der Waals surface area (Å²) in [5.74, 6) is 0.304. The maximum absolute atomic E-state index is 11.4. The van der Waals surface area contributed by atoms with Gasteiger partial charge in [0.1, 0.15) is 0 Å². The van der Waals surface area contributed by atoms with E-state index in [-0.39, 0.29) is 11.8 Å². The van der Waals surface area contributed by atoms with Crippen LogP contribution >= 0.6 is 0 Å². The standard InChI is InChI=1S/C9H16N4O/c1-6(5-10)9(14)11-8-4-7(2)13(3)12-8/h4,6H,5,10H2,1-3H3,(H,11,12,14). The molecule has 0 aromatic carbocycles. The summed E-state index contributed by atoms with van der Waals surface area (Å²) < 4.78 is 1.71. The molecular formula is C9H16N4O. The fourth-order valence-corrected chi connectivity index (χ4v) is 0.978. The van der Waals surface area contributed by atoms with Gasteiger partial charge in [0.2, 0.25) is 5.91 Å². The van der Waals surface area contributed by atoms with Gasteiger partial charge in [0.05, 0.1) is 0 Å². The van der Waals surface area contributed by atoms with E-state index >= 15 is 0 Å². The van der Waals surface area contributed by atoms with Gasteiger partial charge in [0.25, 0.3) is 0 Å². The molecular weight excluding hydrogens is 180 g/mol. The number of amides is 1. The molecule has 0 saturated carbocycles. The molecule has 1 unspecified atom stereocenters. The maximum Gasteiger partial charge on any atom is 0.229 e. The predicted octanol–water partition coefficient (Wildman–Crippen LogP) is 0.262. The van der Waals surface area contributed by atoms with E-state index in [9.17, 15) is 4.79 Å². The highest BCUT2D eigenvalue weighted by atomic mass is 16.1. The molecule has 5 nitrogen and oxygen atoms in total. The van der Waals surface area contributed by atoms with Crippen molar-refractivity contribution in [3.05, 3.63) is 11.8 Å². The Morgan fingerprint density at radius 2 is 2.43 bits per heavy atom. The van der Waals surface area contributed by atoms with E-state index in [1.807, 2.05) is 20.0 Å². The van der Waals surface area contributed by atoms with Gasteiger partial charge in [-0.05, 0) is 6.92 Å². The first-order valence-corrected chi connectivity index (χ1v) is 4.56. The number of aryl methyl sites for hydroxylation is 2. The first-order valence-electron chi connectivity index (χ1n) is 4.56. The van der Waals surface area contributed by atoms with Crippen molar-refractivity contribution in [1.29, 1.82) is 0 Å². The molecule has 1 amide bonds. The molecule has 0 saturated heterocycles. The van der Waals surface area contributed by atoms with Crippen LogP contribution in [-0.2, 0) is 11.8 Å². The summed E-state index contributed by atoms with van der Waals surface area (Å²) in [6, 6.07) is 1.82. The van der Waals surface area contributed by atoms with Crippen molar-refractivity contribution in [3.63, 3.8) is 0 Å². The smallest absolute Gasteiger partial charge is 0.229 e. The lowest BCUT2D eigenvalue weighted by atomic mass is 10.2. The first kappa shape index (κ1) is 10.7. The monoisotopic (exact) mass is 196 g/mol. The normalized spacial score (nSPS) is 12.6. The molecule has 1 atom stereocenters. The van der Waals surface area contributed by atoms with Crippen LogP contribution in [0.4, 0.5) is 5.82 Å². The molecule has 0 aliphatic rings. The SMILES string of the molecule is Cc1cc(NC(=O)C(C)CN)nn1C. The Balaban J connectivity index is 2.65. The molecule has 1 aromatic heterocycles. The van der Waals surface area contributed by atoms with Crippen molar-refractivity contribution >= 4 is 11.7 Å². The van der Waals surface area contributed by atoms with E-state index in [2.05, 4.69) is 10.4 Å². The Bertz CT molecular complexity index is 312. The number of hydrogen-bond acceptors (Lipinski definition) is 3. The van der Waals surface area contributed by atoms with Crippen molar-refractivity contribution in [2.75, 3.05) is 11.9 Å². The lowest BCUT2D eigenvalue weighted by molar-refractivity contribution is -0.119. The van der Waals surface area contributed by atoms with Crippen molar-refractivity contribution in [2.24, 2.45) is 18.7 Å². The number of rotatable bonds is 3. The molecule has 3 N–H and O–H groups in total. The van der Waals surface area contributed by atoms with Crippen LogP contribution in [0.3, 0.4) is 0 Å². The predicted molar refractivity (Wildman–Crippen MR) is 54.8 cm³/mol. The minimum atomic E-state index is -0.183. The Morgan fingerprint density at radius 3 is 2.86 bits per heavy atom. The van der Waals surface area contributed by atoms with E-state index in [4.69, 9.17) is 5.73 Å². The fraction of sp³-hybridized carbons (Fsp3) is 0.556. The van der Waals surface area contributed by atoms with Crippen molar-refractivity contribution < 1.29 is 4.79 Å². The number of nitrogens with two attached hydrogens (primary N) is 1. The summed E-state index contributed by atoms with van der Waals surface area (Å²) in [6.07, 6.45) is 0. The molecule has 78 valence electrons. The molecule has 1 aromatic rings. The zero-order chi connectivity index (χ0) is 10.7. The van der Waals surface area contributed by atoms with Gasteiger partial charge >= 0.3 is 0 Å². The Hall–Kier alpha value is -1.36. The molecule has 1 heterocycles. The van der Waals surface area contributed by atoms with Crippen LogP contribution in [0.15, 0.2) is 6.07 Å². The molecule has 0 spiro atoms. The Kier molecular flexibility index (Phi) is 3.24. The average Bonchev–Trinajstić information content (AvgIpc) is 2.44. The lowest BCUT2D eigenvalue weighted by Crippen LogP contribution is -2.26. The number of carbonyl (C=O) groups excluding carboxylic acids is 1. The van der Waals surface area contributed by atoms with Crippen molar-refractivity contribution in [2.45, 2.75) is 13.8 Å². The van der Waals surface area contributed by atoms with Gasteiger partial charge in [0, 0.05) is 31.3 Å². The molecule has 0 radical (unpaired) electrons. The minimum absolute atomic E-state index is 0.0920. The molecule has 0 aliphatic carbocycles.